The molecule has 106 valence electrons. The molecular weight excluding hydrogens is 254 g/mol. The summed E-state index contributed by atoms with van der Waals surface area (Å²) >= 11 is 0. The number of nitrogens with zero attached hydrogens (tertiary/aromatic N) is 2. The van der Waals surface area contributed by atoms with E-state index in [9.17, 15) is 0 Å². The molecule has 0 unspecified atom stereocenters. The van der Waals surface area contributed by atoms with Crippen LogP contribution < -0.4 is 10.5 Å². The van der Waals surface area contributed by atoms with E-state index in [0.29, 0.717) is 23.3 Å². The van der Waals surface area contributed by atoms with E-state index in [1.807, 2.05) is 20.8 Å². The topological polar surface area (TPSA) is 81.3 Å². The van der Waals surface area contributed by atoms with Crippen molar-refractivity contribution >= 4 is 5.82 Å². The maximum Gasteiger partial charge on any atom is 0.227 e. The minimum Gasteiger partial charge on any atom is -0.439 e. The molecule has 0 atom stereocenters. The Kier molecular flexibility index (Phi) is 4.20. The standard InChI is InChI=1S/C15H19N3O2/c1-9(2)14-17-13(16)10(3)15(18-14)20-12-6-4-11(8-19)5-7-12/h4-7,9,19H,8H2,1-3H3,(H2,16,17,18). The van der Waals surface area contributed by atoms with Crippen molar-refractivity contribution in [3.8, 4) is 11.6 Å². The van der Waals surface area contributed by atoms with Gasteiger partial charge in [0.05, 0.1) is 12.2 Å². The first-order valence-electron chi connectivity index (χ1n) is 6.53. The highest BCUT2D eigenvalue weighted by molar-refractivity contribution is 5.46. The molecule has 0 aliphatic rings. The maximum atomic E-state index is 9.02. The Morgan fingerprint density at radius 2 is 1.85 bits per heavy atom. The fourth-order valence-electron chi connectivity index (χ4n) is 1.66. The maximum absolute atomic E-state index is 9.02. The average molecular weight is 273 g/mol. The van der Waals surface area contributed by atoms with Gasteiger partial charge in [0.15, 0.2) is 0 Å². The monoisotopic (exact) mass is 273 g/mol. The summed E-state index contributed by atoms with van der Waals surface area (Å²) in [5, 5.41) is 9.02. The van der Waals surface area contributed by atoms with Crippen molar-refractivity contribution in [1.82, 2.24) is 9.97 Å². The summed E-state index contributed by atoms with van der Waals surface area (Å²) in [6, 6.07) is 7.19. The van der Waals surface area contributed by atoms with Gasteiger partial charge >= 0.3 is 0 Å². The Labute approximate surface area is 118 Å². The van der Waals surface area contributed by atoms with E-state index in [2.05, 4.69) is 9.97 Å². The van der Waals surface area contributed by atoms with Crippen LogP contribution in [-0.4, -0.2) is 15.1 Å². The molecule has 0 fully saturated rings. The van der Waals surface area contributed by atoms with Crippen LogP contribution in [0.15, 0.2) is 24.3 Å². The van der Waals surface area contributed by atoms with Crippen LogP contribution in [0, 0.1) is 6.92 Å². The molecule has 1 aromatic carbocycles. The number of hydrogen-bond acceptors (Lipinski definition) is 5. The first-order valence-corrected chi connectivity index (χ1v) is 6.53. The van der Waals surface area contributed by atoms with Gasteiger partial charge in [-0.25, -0.2) is 4.98 Å². The molecule has 0 amide bonds. The Balaban J connectivity index is 2.31. The largest absolute Gasteiger partial charge is 0.439 e. The highest BCUT2D eigenvalue weighted by Crippen LogP contribution is 2.27. The third-order valence-corrected chi connectivity index (χ3v) is 2.99. The molecule has 0 saturated carbocycles. The zero-order valence-electron chi connectivity index (χ0n) is 11.9. The molecular formula is C15H19N3O2. The number of aromatic nitrogens is 2. The van der Waals surface area contributed by atoms with E-state index in [0.717, 1.165) is 11.1 Å². The van der Waals surface area contributed by atoms with Gasteiger partial charge in [-0.05, 0) is 24.6 Å². The van der Waals surface area contributed by atoms with Crippen LogP contribution in [0.25, 0.3) is 0 Å². The lowest BCUT2D eigenvalue weighted by Crippen LogP contribution is -2.06. The molecule has 1 heterocycles. The van der Waals surface area contributed by atoms with Crippen molar-refractivity contribution in [3.05, 3.63) is 41.2 Å². The fraction of sp³-hybridized carbons (Fsp3) is 0.333. The SMILES string of the molecule is Cc1c(N)nc(C(C)C)nc1Oc1ccc(CO)cc1. The third kappa shape index (κ3) is 3.05. The van der Waals surface area contributed by atoms with Crippen molar-refractivity contribution in [2.24, 2.45) is 0 Å². The minimum absolute atomic E-state index is 0.0112. The van der Waals surface area contributed by atoms with Crippen LogP contribution in [-0.2, 0) is 6.61 Å². The van der Waals surface area contributed by atoms with Gasteiger partial charge < -0.3 is 15.6 Å². The van der Waals surface area contributed by atoms with Gasteiger partial charge in [-0.2, -0.15) is 4.98 Å². The number of hydrogen-bond donors (Lipinski definition) is 2. The lowest BCUT2D eigenvalue weighted by molar-refractivity contribution is 0.281. The Morgan fingerprint density at radius 3 is 2.40 bits per heavy atom. The molecule has 5 heteroatoms. The molecule has 0 bridgehead atoms. The normalized spacial score (nSPS) is 10.8. The van der Waals surface area contributed by atoms with E-state index in [1.165, 1.54) is 0 Å². The molecule has 20 heavy (non-hydrogen) atoms. The number of benzene rings is 1. The van der Waals surface area contributed by atoms with E-state index in [4.69, 9.17) is 15.6 Å². The number of aliphatic hydroxyl groups is 1. The van der Waals surface area contributed by atoms with Crippen molar-refractivity contribution < 1.29 is 9.84 Å². The highest BCUT2D eigenvalue weighted by atomic mass is 16.5. The van der Waals surface area contributed by atoms with Crippen LogP contribution >= 0.6 is 0 Å². The van der Waals surface area contributed by atoms with Crippen molar-refractivity contribution in [1.29, 1.82) is 0 Å². The van der Waals surface area contributed by atoms with E-state index in [1.54, 1.807) is 24.3 Å². The van der Waals surface area contributed by atoms with Crippen molar-refractivity contribution in [2.45, 2.75) is 33.3 Å². The Bertz CT molecular complexity index is 595. The second kappa shape index (κ2) is 5.88. The van der Waals surface area contributed by atoms with Gasteiger partial charge in [0.25, 0.3) is 0 Å². The lowest BCUT2D eigenvalue weighted by Gasteiger charge is -2.12. The quantitative estimate of drug-likeness (QED) is 0.895. The van der Waals surface area contributed by atoms with Gasteiger partial charge in [0.1, 0.15) is 17.4 Å². The summed E-state index contributed by atoms with van der Waals surface area (Å²) in [5.41, 5.74) is 7.45. The number of nitrogens with two attached hydrogens (primary N) is 1. The summed E-state index contributed by atoms with van der Waals surface area (Å²) in [4.78, 5) is 8.66. The van der Waals surface area contributed by atoms with Crippen molar-refractivity contribution in [2.75, 3.05) is 5.73 Å². The Hall–Kier alpha value is -2.14. The minimum atomic E-state index is 0.0112. The second-order valence-corrected chi connectivity index (χ2v) is 4.96. The summed E-state index contributed by atoms with van der Waals surface area (Å²) in [6.07, 6.45) is 0. The van der Waals surface area contributed by atoms with Crippen LogP contribution in [0.4, 0.5) is 5.82 Å². The molecule has 0 aliphatic carbocycles. The van der Waals surface area contributed by atoms with Gasteiger partial charge in [-0.3, -0.25) is 0 Å². The molecule has 1 aromatic heterocycles. The fourth-order valence-corrected chi connectivity index (χ4v) is 1.66. The van der Waals surface area contributed by atoms with Crippen LogP contribution in [0.5, 0.6) is 11.6 Å². The number of anilines is 1. The Morgan fingerprint density at radius 1 is 1.20 bits per heavy atom. The van der Waals surface area contributed by atoms with Crippen LogP contribution in [0.2, 0.25) is 0 Å². The van der Waals surface area contributed by atoms with Gasteiger partial charge in [0.2, 0.25) is 5.88 Å². The molecule has 0 spiro atoms. The number of ether oxygens (including phenoxy) is 1. The second-order valence-electron chi connectivity index (χ2n) is 4.96. The first kappa shape index (κ1) is 14.3. The molecule has 0 aliphatic heterocycles. The smallest absolute Gasteiger partial charge is 0.227 e. The van der Waals surface area contributed by atoms with E-state index in [-0.39, 0.29) is 12.5 Å². The highest BCUT2D eigenvalue weighted by Gasteiger charge is 2.13. The lowest BCUT2D eigenvalue weighted by atomic mass is 10.2. The first-order chi connectivity index (χ1) is 9.51. The van der Waals surface area contributed by atoms with Crippen LogP contribution in [0.1, 0.15) is 36.7 Å². The molecule has 2 rings (SSSR count). The third-order valence-electron chi connectivity index (χ3n) is 2.99. The molecule has 5 nitrogen and oxygen atoms in total. The summed E-state index contributed by atoms with van der Waals surface area (Å²) in [7, 11) is 0. The molecule has 0 radical (unpaired) electrons. The van der Waals surface area contributed by atoms with Gasteiger partial charge in [-0.15, -0.1) is 0 Å². The van der Waals surface area contributed by atoms with Crippen LogP contribution in [0.3, 0.4) is 0 Å². The number of aliphatic hydroxyl groups excluding tert-OH is 1. The number of rotatable bonds is 4. The van der Waals surface area contributed by atoms with Crippen molar-refractivity contribution in [3.63, 3.8) is 0 Å². The molecule has 2 aromatic rings. The summed E-state index contributed by atoms with van der Waals surface area (Å²) in [5.74, 6) is 2.40. The predicted octanol–water partition coefficient (Wildman–Crippen LogP) is 2.78. The average Bonchev–Trinajstić information content (AvgIpc) is 2.44. The van der Waals surface area contributed by atoms with E-state index < -0.39 is 0 Å². The summed E-state index contributed by atoms with van der Waals surface area (Å²) in [6.45, 7) is 5.85. The number of nitrogen functional groups attached to an aromatic ring is 1. The van der Waals surface area contributed by atoms with Gasteiger partial charge in [-0.1, -0.05) is 26.0 Å². The van der Waals surface area contributed by atoms with Gasteiger partial charge in [0, 0.05) is 5.92 Å². The zero-order valence-corrected chi connectivity index (χ0v) is 11.9. The molecule has 0 saturated heterocycles. The summed E-state index contributed by atoms with van der Waals surface area (Å²) < 4.78 is 5.77. The zero-order chi connectivity index (χ0) is 14.7. The predicted molar refractivity (Wildman–Crippen MR) is 77.7 cm³/mol. The molecule has 3 N–H and O–H groups in total. The van der Waals surface area contributed by atoms with E-state index >= 15 is 0 Å².